The van der Waals surface area contributed by atoms with Crippen LogP contribution in [0.2, 0.25) is 0 Å². The van der Waals surface area contributed by atoms with Gasteiger partial charge in [0, 0.05) is 0 Å². The van der Waals surface area contributed by atoms with Crippen LogP contribution in [0.3, 0.4) is 0 Å². The molecule has 0 radical (unpaired) electrons. The normalized spacial score (nSPS) is 11.4. The molecule has 1 N–H and O–H groups in total. The molecule has 0 saturated heterocycles. The Bertz CT molecular complexity index is 759. The number of hydrogen-bond acceptors (Lipinski definition) is 5. The number of sulfonamides is 1. The van der Waals surface area contributed by atoms with Crippen LogP contribution in [0.25, 0.3) is 0 Å². The molecule has 0 unspecified atom stereocenters. The first kappa shape index (κ1) is 15.2. The summed E-state index contributed by atoms with van der Waals surface area (Å²) in [6.07, 6.45) is -0.00468. The minimum Gasteiger partial charge on any atom is -0.360 e. The van der Waals surface area contributed by atoms with Gasteiger partial charge in [-0.25, -0.2) is 13.1 Å². The highest BCUT2D eigenvalue weighted by molar-refractivity contribution is 7.90. The van der Waals surface area contributed by atoms with E-state index in [1.165, 1.54) is 13.8 Å². The average molecular weight is 308 g/mol. The Morgan fingerprint density at radius 3 is 2.48 bits per heavy atom. The number of aryl methyl sites for hydroxylation is 3. The molecule has 0 bridgehead atoms. The number of benzene rings is 1. The highest BCUT2D eigenvalue weighted by atomic mass is 32.2. The first-order chi connectivity index (χ1) is 9.81. The van der Waals surface area contributed by atoms with Gasteiger partial charge in [-0.3, -0.25) is 4.79 Å². The van der Waals surface area contributed by atoms with Crippen molar-refractivity contribution in [3.05, 3.63) is 46.8 Å². The highest BCUT2D eigenvalue weighted by Crippen LogP contribution is 2.18. The molecule has 2 rings (SSSR count). The van der Waals surface area contributed by atoms with Gasteiger partial charge < -0.3 is 4.52 Å². The van der Waals surface area contributed by atoms with E-state index >= 15 is 0 Å². The molecule has 112 valence electrons. The lowest BCUT2D eigenvalue weighted by Gasteiger charge is -2.08. The number of hydrogen-bond donors (Lipinski definition) is 1. The van der Waals surface area contributed by atoms with Crippen molar-refractivity contribution in [3.8, 4) is 0 Å². The number of nitrogens with one attached hydrogen (secondary N) is 1. The van der Waals surface area contributed by atoms with E-state index < -0.39 is 15.9 Å². The summed E-state index contributed by atoms with van der Waals surface area (Å²) in [6, 6.07) is 7.32. The van der Waals surface area contributed by atoms with Crippen LogP contribution in [0, 0.1) is 20.8 Å². The molecule has 1 heterocycles. The van der Waals surface area contributed by atoms with Crippen LogP contribution in [0.15, 0.2) is 33.7 Å². The van der Waals surface area contributed by atoms with Gasteiger partial charge in [0.15, 0.2) is 10.7 Å². The largest absolute Gasteiger partial charge is 0.360 e. The number of carbonyl (C=O) groups is 1. The summed E-state index contributed by atoms with van der Waals surface area (Å²) in [5.41, 5.74) is 1.94. The fraction of sp³-hybridized carbons (Fsp3) is 0.286. The standard InChI is InChI=1S/C14H16N2O4S/c1-9-6-4-5-7-12(9)8-13(17)16-21(18,19)14-10(2)15-20-11(14)3/h4-7H,8H2,1-3H3,(H,16,17). The van der Waals surface area contributed by atoms with E-state index in [2.05, 4.69) is 5.16 Å². The van der Waals surface area contributed by atoms with Crippen LogP contribution >= 0.6 is 0 Å². The van der Waals surface area contributed by atoms with Crippen molar-refractivity contribution >= 4 is 15.9 Å². The predicted molar refractivity (Wildman–Crippen MR) is 76.2 cm³/mol. The molecule has 1 aromatic carbocycles. The van der Waals surface area contributed by atoms with Gasteiger partial charge in [-0.2, -0.15) is 0 Å². The second kappa shape index (κ2) is 5.69. The highest BCUT2D eigenvalue weighted by Gasteiger charge is 2.26. The van der Waals surface area contributed by atoms with Crippen LogP contribution in [0.1, 0.15) is 22.6 Å². The van der Waals surface area contributed by atoms with Gasteiger partial charge in [0.05, 0.1) is 6.42 Å². The molecular formula is C14H16N2O4S. The Hall–Kier alpha value is -2.15. The zero-order valence-corrected chi connectivity index (χ0v) is 12.8. The Kier molecular flexibility index (Phi) is 4.13. The molecule has 0 fully saturated rings. The number of amides is 1. The van der Waals surface area contributed by atoms with Crippen molar-refractivity contribution < 1.29 is 17.7 Å². The Labute approximate surface area is 123 Å². The topological polar surface area (TPSA) is 89.3 Å². The third-order valence-electron chi connectivity index (χ3n) is 3.10. The maximum Gasteiger partial charge on any atom is 0.269 e. The fourth-order valence-corrected chi connectivity index (χ4v) is 3.39. The molecule has 1 amide bonds. The lowest BCUT2D eigenvalue weighted by molar-refractivity contribution is -0.118. The number of carbonyl (C=O) groups excluding carboxylic acids is 1. The second-order valence-corrected chi connectivity index (χ2v) is 6.40. The van der Waals surface area contributed by atoms with Gasteiger partial charge in [-0.15, -0.1) is 0 Å². The van der Waals surface area contributed by atoms with Gasteiger partial charge in [0.1, 0.15) is 5.69 Å². The molecule has 2 aromatic rings. The van der Waals surface area contributed by atoms with E-state index in [9.17, 15) is 13.2 Å². The van der Waals surface area contributed by atoms with Gasteiger partial charge in [-0.05, 0) is 31.9 Å². The van der Waals surface area contributed by atoms with Gasteiger partial charge in [-0.1, -0.05) is 29.4 Å². The molecule has 1 aromatic heterocycles. The molecular weight excluding hydrogens is 292 g/mol. The quantitative estimate of drug-likeness (QED) is 0.927. The van der Waals surface area contributed by atoms with Gasteiger partial charge in [0.25, 0.3) is 10.0 Å². The van der Waals surface area contributed by atoms with Crippen LogP contribution in [0.4, 0.5) is 0 Å². The molecule has 0 aliphatic rings. The summed E-state index contributed by atoms with van der Waals surface area (Å²) >= 11 is 0. The smallest absolute Gasteiger partial charge is 0.269 e. The monoisotopic (exact) mass is 308 g/mol. The van der Waals surface area contributed by atoms with Gasteiger partial charge >= 0.3 is 0 Å². The van der Waals surface area contributed by atoms with Crippen LogP contribution in [-0.4, -0.2) is 19.5 Å². The third kappa shape index (κ3) is 3.30. The fourth-order valence-electron chi connectivity index (χ4n) is 2.08. The summed E-state index contributed by atoms with van der Waals surface area (Å²) in [5.74, 6) is -0.437. The lowest BCUT2D eigenvalue weighted by atomic mass is 10.1. The average Bonchev–Trinajstić information content (AvgIpc) is 2.71. The second-order valence-electron chi connectivity index (χ2n) is 4.79. The van der Waals surface area contributed by atoms with E-state index in [4.69, 9.17) is 4.52 Å². The number of nitrogens with zero attached hydrogens (tertiary/aromatic N) is 1. The first-order valence-corrected chi connectivity index (χ1v) is 7.82. The molecule has 7 heteroatoms. The summed E-state index contributed by atoms with van der Waals surface area (Å²) < 4.78 is 31.2. The van der Waals surface area contributed by atoms with E-state index in [1.807, 2.05) is 23.8 Å². The number of rotatable bonds is 4. The van der Waals surface area contributed by atoms with Crippen molar-refractivity contribution in [2.75, 3.05) is 0 Å². The Balaban J connectivity index is 2.18. The summed E-state index contributed by atoms with van der Waals surface area (Å²) in [7, 11) is -3.97. The van der Waals surface area contributed by atoms with E-state index in [1.54, 1.807) is 12.1 Å². The number of aromatic nitrogens is 1. The summed E-state index contributed by atoms with van der Waals surface area (Å²) in [5, 5.41) is 3.58. The maximum absolute atomic E-state index is 12.2. The summed E-state index contributed by atoms with van der Waals surface area (Å²) in [4.78, 5) is 11.9. The van der Waals surface area contributed by atoms with Crippen LogP contribution in [0.5, 0.6) is 0 Å². The summed E-state index contributed by atoms with van der Waals surface area (Å²) in [6.45, 7) is 4.86. The SMILES string of the molecule is Cc1ccccc1CC(=O)NS(=O)(=O)c1c(C)noc1C. The first-order valence-electron chi connectivity index (χ1n) is 6.34. The van der Waals surface area contributed by atoms with Gasteiger partial charge in [0.2, 0.25) is 5.91 Å². The molecule has 0 atom stereocenters. The molecule has 0 saturated carbocycles. The molecule has 21 heavy (non-hydrogen) atoms. The molecule has 0 aliphatic carbocycles. The zero-order chi connectivity index (χ0) is 15.6. The van der Waals surface area contributed by atoms with Crippen LogP contribution < -0.4 is 4.72 Å². The van der Waals surface area contributed by atoms with Crippen LogP contribution in [-0.2, 0) is 21.2 Å². The minimum absolute atomic E-state index is 0.00468. The molecule has 0 spiro atoms. The maximum atomic E-state index is 12.2. The van der Waals surface area contributed by atoms with Crippen molar-refractivity contribution in [1.29, 1.82) is 0 Å². The lowest BCUT2D eigenvalue weighted by Crippen LogP contribution is -2.32. The Morgan fingerprint density at radius 2 is 1.90 bits per heavy atom. The predicted octanol–water partition coefficient (Wildman–Crippen LogP) is 1.65. The minimum atomic E-state index is -3.97. The van der Waals surface area contributed by atoms with E-state index in [0.717, 1.165) is 11.1 Å². The Morgan fingerprint density at radius 1 is 1.24 bits per heavy atom. The molecule has 0 aliphatic heterocycles. The van der Waals surface area contributed by atoms with Crippen molar-refractivity contribution in [2.45, 2.75) is 32.1 Å². The van der Waals surface area contributed by atoms with Crippen molar-refractivity contribution in [1.82, 2.24) is 9.88 Å². The van der Waals surface area contributed by atoms with Crippen molar-refractivity contribution in [2.24, 2.45) is 0 Å². The zero-order valence-electron chi connectivity index (χ0n) is 12.0. The molecule has 6 nitrogen and oxygen atoms in total. The van der Waals surface area contributed by atoms with Crippen molar-refractivity contribution in [3.63, 3.8) is 0 Å². The van der Waals surface area contributed by atoms with E-state index in [-0.39, 0.29) is 22.8 Å². The third-order valence-corrected chi connectivity index (χ3v) is 4.71. The van der Waals surface area contributed by atoms with E-state index in [0.29, 0.717) is 0 Å².